The minimum atomic E-state index is 0.169. The van der Waals surface area contributed by atoms with Crippen molar-refractivity contribution in [2.75, 3.05) is 26.3 Å². The molecule has 1 aliphatic rings. The van der Waals surface area contributed by atoms with E-state index in [4.69, 9.17) is 10.5 Å². The molecular formula is C13H28N2O. The fourth-order valence-electron chi connectivity index (χ4n) is 2.39. The average Bonchev–Trinajstić information content (AvgIpc) is 2.25. The van der Waals surface area contributed by atoms with Crippen molar-refractivity contribution >= 4 is 0 Å². The predicted octanol–water partition coefficient (Wildman–Crippen LogP) is 1.77. The van der Waals surface area contributed by atoms with Crippen LogP contribution < -0.4 is 11.1 Å². The van der Waals surface area contributed by atoms with Crippen molar-refractivity contribution in [3.8, 4) is 0 Å². The van der Waals surface area contributed by atoms with Crippen LogP contribution in [0.15, 0.2) is 0 Å². The van der Waals surface area contributed by atoms with E-state index in [-0.39, 0.29) is 5.54 Å². The van der Waals surface area contributed by atoms with Crippen LogP contribution in [0.3, 0.4) is 0 Å². The summed E-state index contributed by atoms with van der Waals surface area (Å²) in [5.41, 5.74) is 5.98. The molecule has 0 spiro atoms. The van der Waals surface area contributed by atoms with E-state index in [9.17, 15) is 0 Å². The van der Waals surface area contributed by atoms with Crippen molar-refractivity contribution in [2.45, 2.75) is 45.6 Å². The summed E-state index contributed by atoms with van der Waals surface area (Å²) in [6.07, 6.45) is 3.59. The van der Waals surface area contributed by atoms with Crippen LogP contribution in [-0.4, -0.2) is 31.8 Å². The molecule has 3 heteroatoms. The van der Waals surface area contributed by atoms with Gasteiger partial charge in [-0.25, -0.2) is 0 Å². The van der Waals surface area contributed by atoms with Crippen LogP contribution in [-0.2, 0) is 4.74 Å². The van der Waals surface area contributed by atoms with E-state index in [1.54, 1.807) is 0 Å². The zero-order valence-electron chi connectivity index (χ0n) is 11.1. The van der Waals surface area contributed by atoms with Crippen molar-refractivity contribution in [1.82, 2.24) is 5.32 Å². The first kappa shape index (κ1) is 13.9. The lowest BCUT2D eigenvalue weighted by molar-refractivity contribution is 0.0266. The third kappa shape index (κ3) is 4.81. The first-order chi connectivity index (χ1) is 7.56. The number of ether oxygens (including phenoxy) is 1. The molecule has 0 amide bonds. The lowest BCUT2D eigenvalue weighted by Gasteiger charge is -2.36. The average molecular weight is 228 g/mol. The normalized spacial score (nSPS) is 28.3. The molecular weight excluding hydrogens is 200 g/mol. The van der Waals surface area contributed by atoms with Crippen LogP contribution in [0.1, 0.15) is 40.0 Å². The van der Waals surface area contributed by atoms with Crippen molar-refractivity contribution in [2.24, 2.45) is 17.6 Å². The Morgan fingerprint density at radius 3 is 2.69 bits per heavy atom. The molecule has 0 bridgehead atoms. The zero-order chi connectivity index (χ0) is 12.0. The summed E-state index contributed by atoms with van der Waals surface area (Å²) in [5.74, 6) is 1.32. The Morgan fingerprint density at radius 2 is 2.19 bits per heavy atom. The maximum Gasteiger partial charge on any atom is 0.0645 e. The Bertz CT molecular complexity index is 188. The molecule has 0 aliphatic carbocycles. The van der Waals surface area contributed by atoms with Crippen molar-refractivity contribution in [3.63, 3.8) is 0 Å². The summed E-state index contributed by atoms with van der Waals surface area (Å²) in [6, 6.07) is 0. The first-order valence-corrected chi connectivity index (χ1v) is 6.58. The van der Waals surface area contributed by atoms with Crippen LogP contribution in [0.2, 0.25) is 0 Å². The summed E-state index contributed by atoms with van der Waals surface area (Å²) in [6.45, 7) is 10.3. The molecule has 96 valence electrons. The molecule has 0 aromatic rings. The van der Waals surface area contributed by atoms with E-state index in [1.165, 1.54) is 19.3 Å². The van der Waals surface area contributed by atoms with E-state index in [0.29, 0.717) is 5.92 Å². The van der Waals surface area contributed by atoms with Crippen molar-refractivity contribution in [3.05, 3.63) is 0 Å². The first-order valence-electron chi connectivity index (χ1n) is 6.58. The third-order valence-electron chi connectivity index (χ3n) is 3.39. The van der Waals surface area contributed by atoms with Gasteiger partial charge >= 0.3 is 0 Å². The highest BCUT2D eigenvalue weighted by Gasteiger charge is 2.27. The molecule has 2 atom stereocenters. The monoisotopic (exact) mass is 228 g/mol. The van der Waals surface area contributed by atoms with Gasteiger partial charge in [-0.1, -0.05) is 13.8 Å². The quantitative estimate of drug-likeness (QED) is 0.728. The van der Waals surface area contributed by atoms with Crippen LogP contribution in [0.25, 0.3) is 0 Å². The van der Waals surface area contributed by atoms with E-state index in [0.717, 1.165) is 32.2 Å². The molecule has 1 heterocycles. The van der Waals surface area contributed by atoms with Crippen molar-refractivity contribution < 1.29 is 4.74 Å². The molecule has 0 saturated carbocycles. The van der Waals surface area contributed by atoms with E-state index < -0.39 is 0 Å². The number of hydrogen-bond acceptors (Lipinski definition) is 3. The maximum atomic E-state index is 5.81. The standard InChI is InChI=1S/C13H28N2O/c1-11(2)7-12(8-14)9-15-13(3)5-4-6-16-10-13/h11-12,15H,4-10,14H2,1-3H3. The number of hydrogen-bond donors (Lipinski definition) is 2. The van der Waals surface area contributed by atoms with Gasteiger partial charge in [0.25, 0.3) is 0 Å². The summed E-state index contributed by atoms with van der Waals surface area (Å²) in [7, 11) is 0. The van der Waals surface area contributed by atoms with Gasteiger partial charge in [0.05, 0.1) is 6.61 Å². The molecule has 0 radical (unpaired) electrons. The topological polar surface area (TPSA) is 47.3 Å². The minimum absolute atomic E-state index is 0.169. The number of nitrogens with two attached hydrogens (primary N) is 1. The molecule has 3 nitrogen and oxygen atoms in total. The summed E-state index contributed by atoms with van der Waals surface area (Å²) in [5, 5.41) is 3.65. The zero-order valence-corrected chi connectivity index (χ0v) is 11.1. The molecule has 1 fully saturated rings. The van der Waals surface area contributed by atoms with E-state index in [2.05, 4.69) is 26.1 Å². The molecule has 1 aliphatic heterocycles. The predicted molar refractivity (Wildman–Crippen MR) is 68.5 cm³/mol. The van der Waals surface area contributed by atoms with Crippen LogP contribution in [0.5, 0.6) is 0 Å². The Balaban J connectivity index is 2.30. The second kappa shape index (κ2) is 6.58. The summed E-state index contributed by atoms with van der Waals surface area (Å²) >= 11 is 0. The van der Waals surface area contributed by atoms with Gasteiger partial charge < -0.3 is 15.8 Å². The molecule has 3 N–H and O–H groups in total. The largest absolute Gasteiger partial charge is 0.380 e. The highest BCUT2D eigenvalue weighted by molar-refractivity contribution is 4.86. The van der Waals surface area contributed by atoms with Gasteiger partial charge in [0, 0.05) is 12.1 Å². The SMILES string of the molecule is CC(C)CC(CN)CNC1(C)CCCOC1. The Morgan fingerprint density at radius 1 is 1.44 bits per heavy atom. The van der Waals surface area contributed by atoms with E-state index >= 15 is 0 Å². The second-order valence-electron chi connectivity index (χ2n) is 5.83. The van der Waals surface area contributed by atoms with Gasteiger partial charge in [0.15, 0.2) is 0 Å². The third-order valence-corrected chi connectivity index (χ3v) is 3.39. The molecule has 0 aromatic heterocycles. The maximum absolute atomic E-state index is 5.81. The van der Waals surface area contributed by atoms with Gasteiger partial charge in [0.1, 0.15) is 0 Å². The van der Waals surface area contributed by atoms with Crippen LogP contribution in [0.4, 0.5) is 0 Å². The lowest BCUT2D eigenvalue weighted by Crippen LogP contribution is -2.51. The van der Waals surface area contributed by atoms with Crippen LogP contribution >= 0.6 is 0 Å². The minimum Gasteiger partial charge on any atom is -0.380 e. The van der Waals surface area contributed by atoms with Gasteiger partial charge in [-0.05, 0) is 51.1 Å². The smallest absolute Gasteiger partial charge is 0.0645 e. The Kier molecular flexibility index (Phi) is 5.73. The van der Waals surface area contributed by atoms with Gasteiger partial charge in [-0.3, -0.25) is 0 Å². The molecule has 1 saturated heterocycles. The molecule has 1 rings (SSSR count). The summed E-state index contributed by atoms with van der Waals surface area (Å²) in [4.78, 5) is 0. The highest BCUT2D eigenvalue weighted by Crippen LogP contribution is 2.19. The van der Waals surface area contributed by atoms with Gasteiger partial charge in [0.2, 0.25) is 0 Å². The Hall–Kier alpha value is -0.120. The fourth-order valence-corrected chi connectivity index (χ4v) is 2.39. The van der Waals surface area contributed by atoms with Gasteiger partial charge in [-0.2, -0.15) is 0 Å². The van der Waals surface area contributed by atoms with Crippen molar-refractivity contribution in [1.29, 1.82) is 0 Å². The van der Waals surface area contributed by atoms with Gasteiger partial charge in [-0.15, -0.1) is 0 Å². The number of rotatable bonds is 6. The molecule has 16 heavy (non-hydrogen) atoms. The molecule has 0 aromatic carbocycles. The summed E-state index contributed by atoms with van der Waals surface area (Å²) < 4.78 is 5.54. The fraction of sp³-hybridized carbons (Fsp3) is 1.00. The van der Waals surface area contributed by atoms with Crippen LogP contribution in [0, 0.1) is 11.8 Å². The van der Waals surface area contributed by atoms with E-state index in [1.807, 2.05) is 0 Å². The second-order valence-corrected chi connectivity index (χ2v) is 5.83. The number of nitrogens with one attached hydrogen (secondary N) is 1. The highest BCUT2D eigenvalue weighted by atomic mass is 16.5. The Labute approximate surface area is 100 Å². The molecule has 2 unspecified atom stereocenters. The lowest BCUT2D eigenvalue weighted by atomic mass is 9.92.